The average molecular weight is 207 g/mol. The molecule has 0 saturated carbocycles. The highest BCUT2D eigenvalue weighted by Gasteiger charge is 2.08. The third-order valence-electron chi connectivity index (χ3n) is 1.82. The molecule has 0 N–H and O–H groups in total. The SMILES string of the molecule is C=C(Cn1ccccc1=O)C(=O)OCC. The largest absolute Gasteiger partial charge is 0.463 e. The van der Waals surface area contributed by atoms with Crippen molar-refractivity contribution in [1.29, 1.82) is 0 Å². The fourth-order valence-electron chi connectivity index (χ4n) is 1.09. The number of aromatic nitrogens is 1. The molecule has 0 bridgehead atoms. The molecule has 0 aliphatic rings. The lowest BCUT2D eigenvalue weighted by Crippen LogP contribution is -2.21. The highest BCUT2D eigenvalue weighted by molar-refractivity contribution is 5.87. The fourth-order valence-corrected chi connectivity index (χ4v) is 1.09. The lowest BCUT2D eigenvalue weighted by atomic mass is 10.3. The molecular formula is C11H13NO3. The molecule has 0 atom stereocenters. The van der Waals surface area contributed by atoms with Gasteiger partial charge in [-0.25, -0.2) is 4.79 Å². The Morgan fingerprint density at radius 3 is 2.87 bits per heavy atom. The second-order valence-corrected chi connectivity index (χ2v) is 2.99. The van der Waals surface area contributed by atoms with Gasteiger partial charge in [0.15, 0.2) is 0 Å². The lowest BCUT2D eigenvalue weighted by molar-refractivity contribution is -0.138. The third kappa shape index (κ3) is 3.09. The van der Waals surface area contributed by atoms with E-state index in [1.165, 1.54) is 10.6 Å². The number of hydrogen-bond donors (Lipinski definition) is 0. The van der Waals surface area contributed by atoms with Crippen LogP contribution in [0.25, 0.3) is 0 Å². The summed E-state index contributed by atoms with van der Waals surface area (Å²) in [6.07, 6.45) is 1.60. The van der Waals surface area contributed by atoms with E-state index in [4.69, 9.17) is 4.74 Å². The molecule has 1 heterocycles. The molecule has 0 aromatic carbocycles. The Morgan fingerprint density at radius 2 is 2.27 bits per heavy atom. The van der Waals surface area contributed by atoms with Gasteiger partial charge in [0.25, 0.3) is 5.56 Å². The smallest absolute Gasteiger partial charge is 0.335 e. The Hall–Kier alpha value is -1.84. The van der Waals surface area contributed by atoms with Crippen LogP contribution in [0, 0.1) is 0 Å². The summed E-state index contributed by atoms with van der Waals surface area (Å²) in [5, 5.41) is 0. The Morgan fingerprint density at radius 1 is 1.53 bits per heavy atom. The van der Waals surface area contributed by atoms with Crippen LogP contribution in [-0.4, -0.2) is 17.1 Å². The summed E-state index contributed by atoms with van der Waals surface area (Å²) in [7, 11) is 0. The molecule has 1 aromatic rings. The number of pyridine rings is 1. The van der Waals surface area contributed by atoms with Crippen molar-refractivity contribution < 1.29 is 9.53 Å². The summed E-state index contributed by atoms with van der Waals surface area (Å²) in [6.45, 7) is 5.77. The quantitative estimate of drug-likeness (QED) is 0.546. The molecule has 0 aliphatic carbocycles. The van der Waals surface area contributed by atoms with Crippen LogP contribution in [0.2, 0.25) is 0 Å². The van der Waals surface area contributed by atoms with Crippen LogP contribution in [0.15, 0.2) is 41.3 Å². The predicted molar refractivity (Wildman–Crippen MR) is 56.5 cm³/mol. The second-order valence-electron chi connectivity index (χ2n) is 2.99. The molecule has 0 unspecified atom stereocenters. The van der Waals surface area contributed by atoms with Crippen molar-refractivity contribution in [1.82, 2.24) is 4.57 Å². The number of rotatable bonds is 4. The highest BCUT2D eigenvalue weighted by atomic mass is 16.5. The van der Waals surface area contributed by atoms with Crippen LogP contribution in [-0.2, 0) is 16.1 Å². The molecule has 0 amide bonds. The molecular weight excluding hydrogens is 194 g/mol. The number of esters is 1. The van der Waals surface area contributed by atoms with E-state index in [1.807, 2.05) is 0 Å². The van der Waals surface area contributed by atoms with E-state index in [-0.39, 0.29) is 17.7 Å². The van der Waals surface area contributed by atoms with Crippen LogP contribution in [0.4, 0.5) is 0 Å². The fraction of sp³-hybridized carbons (Fsp3) is 0.273. The summed E-state index contributed by atoms with van der Waals surface area (Å²) < 4.78 is 6.16. The topological polar surface area (TPSA) is 48.3 Å². The van der Waals surface area contributed by atoms with Crippen LogP contribution < -0.4 is 5.56 Å². The normalized spacial score (nSPS) is 9.67. The van der Waals surface area contributed by atoms with Gasteiger partial charge in [-0.1, -0.05) is 12.6 Å². The Bertz CT molecular complexity index is 420. The van der Waals surface area contributed by atoms with Crippen LogP contribution in [0.5, 0.6) is 0 Å². The molecule has 15 heavy (non-hydrogen) atoms. The molecule has 4 nitrogen and oxygen atoms in total. The second kappa shape index (κ2) is 5.14. The first-order valence-corrected chi connectivity index (χ1v) is 4.65. The molecule has 0 saturated heterocycles. The minimum absolute atomic E-state index is 0.164. The number of ether oxygens (including phenoxy) is 1. The Kier molecular flexibility index (Phi) is 3.85. The third-order valence-corrected chi connectivity index (χ3v) is 1.82. The van der Waals surface area contributed by atoms with Crippen LogP contribution in [0.1, 0.15) is 6.92 Å². The van der Waals surface area contributed by atoms with Gasteiger partial charge in [-0.3, -0.25) is 4.79 Å². The molecule has 0 aliphatic heterocycles. The zero-order valence-corrected chi connectivity index (χ0v) is 8.60. The van der Waals surface area contributed by atoms with Crippen molar-refractivity contribution >= 4 is 5.97 Å². The molecule has 0 spiro atoms. The van der Waals surface area contributed by atoms with E-state index >= 15 is 0 Å². The van der Waals surface area contributed by atoms with E-state index in [0.29, 0.717) is 6.61 Å². The zero-order chi connectivity index (χ0) is 11.3. The first kappa shape index (κ1) is 11.2. The van der Waals surface area contributed by atoms with Gasteiger partial charge in [-0.15, -0.1) is 0 Å². The van der Waals surface area contributed by atoms with Gasteiger partial charge in [0.2, 0.25) is 0 Å². The molecule has 80 valence electrons. The highest BCUT2D eigenvalue weighted by Crippen LogP contribution is 1.98. The molecule has 0 fully saturated rings. The van der Waals surface area contributed by atoms with Gasteiger partial charge in [-0.05, 0) is 13.0 Å². The first-order valence-electron chi connectivity index (χ1n) is 4.65. The van der Waals surface area contributed by atoms with Crippen molar-refractivity contribution in [2.75, 3.05) is 6.61 Å². The summed E-state index contributed by atoms with van der Waals surface area (Å²) in [5.74, 6) is -0.465. The van der Waals surface area contributed by atoms with Crippen molar-refractivity contribution in [2.45, 2.75) is 13.5 Å². The Balaban J connectivity index is 2.71. The first-order chi connectivity index (χ1) is 7.15. The van der Waals surface area contributed by atoms with Gasteiger partial charge in [0, 0.05) is 17.8 Å². The lowest BCUT2D eigenvalue weighted by Gasteiger charge is -2.07. The number of carbonyl (C=O) groups is 1. The monoisotopic (exact) mass is 207 g/mol. The molecule has 1 rings (SSSR count). The van der Waals surface area contributed by atoms with E-state index in [2.05, 4.69) is 6.58 Å². The molecule has 4 heteroatoms. The summed E-state index contributed by atoms with van der Waals surface area (Å²) in [4.78, 5) is 22.5. The summed E-state index contributed by atoms with van der Waals surface area (Å²) in [5.41, 5.74) is 0.105. The summed E-state index contributed by atoms with van der Waals surface area (Å²) in [6, 6.07) is 4.80. The van der Waals surface area contributed by atoms with Crippen LogP contribution >= 0.6 is 0 Å². The van der Waals surface area contributed by atoms with E-state index < -0.39 is 5.97 Å². The maximum Gasteiger partial charge on any atom is 0.335 e. The molecule has 0 radical (unpaired) electrons. The number of hydrogen-bond acceptors (Lipinski definition) is 3. The van der Waals surface area contributed by atoms with Crippen molar-refractivity contribution in [2.24, 2.45) is 0 Å². The van der Waals surface area contributed by atoms with Gasteiger partial charge in [-0.2, -0.15) is 0 Å². The summed E-state index contributed by atoms with van der Waals surface area (Å²) >= 11 is 0. The maximum absolute atomic E-state index is 11.3. The van der Waals surface area contributed by atoms with Gasteiger partial charge in [0.05, 0.1) is 13.2 Å². The van der Waals surface area contributed by atoms with Crippen LogP contribution in [0.3, 0.4) is 0 Å². The van der Waals surface area contributed by atoms with Crippen molar-refractivity contribution in [3.8, 4) is 0 Å². The van der Waals surface area contributed by atoms with Crippen molar-refractivity contribution in [3.05, 3.63) is 46.9 Å². The maximum atomic E-state index is 11.3. The zero-order valence-electron chi connectivity index (χ0n) is 8.60. The Labute approximate surface area is 87.8 Å². The average Bonchev–Trinajstić information content (AvgIpc) is 2.21. The van der Waals surface area contributed by atoms with E-state index in [1.54, 1.807) is 25.3 Å². The number of carbonyl (C=O) groups excluding carboxylic acids is 1. The van der Waals surface area contributed by atoms with E-state index in [9.17, 15) is 9.59 Å². The van der Waals surface area contributed by atoms with Gasteiger partial charge >= 0.3 is 5.97 Å². The molecule has 1 aromatic heterocycles. The van der Waals surface area contributed by atoms with Gasteiger partial charge < -0.3 is 9.30 Å². The minimum Gasteiger partial charge on any atom is -0.463 e. The predicted octanol–water partition coefficient (Wildman–Crippen LogP) is 0.968. The van der Waals surface area contributed by atoms with Gasteiger partial charge in [0.1, 0.15) is 0 Å². The van der Waals surface area contributed by atoms with E-state index in [0.717, 1.165) is 0 Å². The standard InChI is InChI=1S/C11H13NO3/c1-3-15-11(14)9(2)8-12-7-5-4-6-10(12)13/h4-7H,2-3,8H2,1H3. The van der Waals surface area contributed by atoms with Crippen molar-refractivity contribution in [3.63, 3.8) is 0 Å². The minimum atomic E-state index is -0.465. The number of nitrogens with zero attached hydrogens (tertiary/aromatic N) is 1.